The molecule has 0 unspecified atom stereocenters. The third-order valence-corrected chi connectivity index (χ3v) is 8.25. The smallest absolute Gasteiger partial charge is 0.230 e. The molecule has 5 fully saturated rings. The van der Waals surface area contributed by atoms with Crippen LogP contribution in [0.4, 0.5) is 17.2 Å². The van der Waals surface area contributed by atoms with Gasteiger partial charge in [-0.15, -0.1) is 0 Å². The normalized spacial score (nSPS) is 31.7. The molecule has 1 saturated heterocycles. The van der Waals surface area contributed by atoms with Crippen LogP contribution in [0, 0.1) is 23.2 Å². The zero-order chi connectivity index (χ0) is 20.8. The van der Waals surface area contributed by atoms with Crippen molar-refractivity contribution in [2.45, 2.75) is 38.5 Å². The second kappa shape index (κ2) is 7.54. The van der Waals surface area contributed by atoms with E-state index in [1.165, 1.54) is 24.9 Å². The van der Waals surface area contributed by atoms with Gasteiger partial charge in [0.2, 0.25) is 5.91 Å². The third-order valence-electron chi connectivity index (χ3n) is 8.25. The van der Waals surface area contributed by atoms with Crippen LogP contribution in [0.15, 0.2) is 48.7 Å². The number of amides is 1. The van der Waals surface area contributed by atoms with Crippen LogP contribution in [0.1, 0.15) is 38.5 Å². The van der Waals surface area contributed by atoms with Crippen LogP contribution >= 0.6 is 0 Å². The van der Waals surface area contributed by atoms with Crippen molar-refractivity contribution in [3.63, 3.8) is 0 Å². The number of rotatable bonds is 4. The predicted octanol–water partition coefficient (Wildman–Crippen LogP) is 4.56. The van der Waals surface area contributed by atoms with Crippen molar-refractivity contribution >= 4 is 23.1 Å². The first-order valence-electron chi connectivity index (χ1n) is 12.0. The molecule has 4 saturated carbocycles. The van der Waals surface area contributed by atoms with Crippen LogP contribution in [0.2, 0.25) is 0 Å². The number of pyridine rings is 1. The van der Waals surface area contributed by atoms with E-state index in [0.717, 1.165) is 74.7 Å². The number of hydrogen-bond donors (Lipinski definition) is 1. The van der Waals surface area contributed by atoms with Crippen LogP contribution in [0.25, 0.3) is 0 Å². The minimum atomic E-state index is -0.110. The summed E-state index contributed by atoms with van der Waals surface area (Å²) in [5, 5.41) is 3.23. The monoisotopic (exact) mass is 416 g/mol. The zero-order valence-electron chi connectivity index (χ0n) is 18.2. The van der Waals surface area contributed by atoms with E-state index >= 15 is 0 Å². The van der Waals surface area contributed by atoms with Gasteiger partial charge in [-0.1, -0.05) is 18.2 Å². The number of carbonyl (C=O) groups is 1. The Kier molecular flexibility index (Phi) is 4.66. The molecule has 5 aliphatic rings. The van der Waals surface area contributed by atoms with E-state index in [0.29, 0.717) is 0 Å². The van der Waals surface area contributed by atoms with E-state index in [1.54, 1.807) is 0 Å². The van der Waals surface area contributed by atoms with Crippen molar-refractivity contribution in [3.05, 3.63) is 48.7 Å². The molecule has 7 rings (SSSR count). The summed E-state index contributed by atoms with van der Waals surface area (Å²) >= 11 is 0. The van der Waals surface area contributed by atoms with Crippen LogP contribution in [-0.4, -0.2) is 37.1 Å². The largest absolute Gasteiger partial charge is 0.368 e. The quantitative estimate of drug-likeness (QED) is 0.794. The molecule has 31 heavy (non-hydrogen) atoms. The molecule has 2 aromatic rings. The van der Waals surface area contributed by atoms with Gasteiger partial charge >= 0.3 is 0 Å². The summed E-state index contributed by atoms with van der Waals surface area (Å²) in [6, 6.07) is 14.7. The Morgan fingerprint density at radius 2 is 1.45 bits per heavy atom. The summed E-state index contributed by atoms with van der Waals surface area (Å²) in [6.07, 6.45) is 9.23. The first-order chi connectivity index (χ1) is 15.2. The predicted molar refractivity (Wildman–Crippen MR) is 124 cm³/mol. The Balaban J connectivity index is 1.08. The van der Waals surface area contributed by atoms with Crippen LogP contribution < -0.4 is 15.1 Å². The van der Waals surface area contributed by atoms with Gasteiger partial charge in [-0.3, -0.25) is 4.79 Å². The number of benzene rings is 1. The summed E-state index contributed by atoms with van der Waals surface area (Å²) in [5.74, 6) is 3.60. The summed E-state index contributed by atoms with van der Waals surface area (Å²) in [5.41, 5.74) is 2.02. The fourth-order valence-corrected chi connectivity index (χ4v) is 7.13. The lowest BCUT2D eigenvalue weighted by atomic mass is 9.49. The number of aromatic nitrogens is 1. The molecule has 0 atom stereocenters. The zero-order valence-corrected chi connectivity index (χ0v) is 18.2. The van der Waals surface area contributed by atoms with Gasteiger partial charge in [0, 0.05) is 31.9 Å². The molecule has 162 valence electrons. The second-order valence-electron chi connectivity index (χ2n) is 10.4. The van der Waals surface area contributed by atoms with Gasteiger partial charge in [0.25, 0.3) is 0 Å². The number of para-hydroxylation sites is 1. The van der Waals surface area contributed by atoms with Gasteiger partial charge in [-0.05, 0) is 80.5 Å². The van der Waals surface area contributed by atoms with Crippen molar-refractivity contribution in [1.29, 1.82) is 0 Å². The molecule has 5 nitrogen and oxygen atoms in total. The number of piperazine rings is 1. The minimum Gasteiger partial charge on any atom is -0.368 e. The van der Waals surface area contributed by atoms with Gasteiger partial charge < -0.3 is 15.1 Å². The number of nitrogens with zero attached hydrogens (tertiary/aromatic N) is 3. The minimum absolute atomic E-state index is 0.110. The molecule has 0 spiro atoms. The molecular formula is C26H32N4O. The SMILES string of the molecule is O=C(Nc1ccc(N2CCN(c3ccccc3)CC2)nc1)C12CC3CC(CC(C3)C1)C2. The standard InChI is InChI=1S/C26H32N4O/c31-25(26-15-19-12-20(16-26)14-21(13-19)17-26)28-22-6-7-24(27-18-22)30-10-8-29(9-11-30)23-4-2-1-3-5-23/h1-7,18-21H,8-17H2,(H,28,31). The lowest BCUT2D eigenvalue weighted by Crippen LogP contribution is -2.51. The Morgan fingerprint density at radius 3 is 2.03 bits per heavy atom. The average molecular weight is 417 g/mol. The number of nitrogens with one attached hydrogen (secondary N) is 1. The molecule has 1 aromatic carbocycles. The van der Waals surface area contributed by atoms with Crippen molar-refractivity contribution in [1.82, 2.24) is 4.98 Å². The van der Waals surface area contributed by atoms with Gasteiger partial charge in [-0.2, -0.15) is 0 Å². The van der Waals surface area contributed by atoms with Crippen molar-refractivity contribution in [2.24, 2.45) is 23.2 Å². The van der Waals surface area contributed by atoms with E-state index in [4.69, 9.17) is 4.98 Å². The van der Waals surface area contributed by atoms with Crippen molar-refractivity contribution in [2.75, 3.05) is 41.3 Å². The van der Waals surface area contributed by atoms with Gasteiger partial charge in [0.15, 0.2) is 0 Å². The highest BCUT2D eigenvalue weighted by molar-refractivity contribution is 5.95. The number of hydrogen-bond acceptors (Lipinski definition) is 4. The average Bonchev–Trinajstić information content (AvgIpc) is 2.79. The Labute approximate surface area is 184 Å². The molecule has 4 bridgehead atoms. The molecule has 0 radical (unpaired) electrons. The fourth-order valence-electron chi connectivity index (χ4n) is 7.13. The lowest BCUT2D eigenvalue weighted by molar-refractivity contribution is -0.140. The van der Waals surface area contributed by atoms with Crippen LogP contribution in [0.3, 0.4) is 0 Å². The fraction of sp³-hybridized carbons (Fsp3) is 0.538. The number of anilines is 3. The van der Waals surface area contributed by atoms with E-state index in [9.17, 15) is 4.79 Å². The second-order valence-corrected chi connectivity index (χ2v) is 10.4. The highest BCUT2D eigenvalue weighted by Crippen LogP contribution is 2.60. The molecule has 4 aliphatic carbocycles. The first-order valence-corrected chi connectivity index (χ1v) is 12.0. The summed E-state index contributed by atoms with van der Waals surface area (Å²) in [7, 11) is 0. The summed E-state index contributed by atoms with van der Waals surface area (Å²) in [6.45, 7) is 3.91. The Hall–Kier alpha value is -2.56. The summed E-state index contributed by atoms with van der Waals surface area (Å²) in [4.78, 5) is 22.7. The topological polar surface area (TPSA) is 48.5 Å². The van der Waals surface area contributed by atoms with E-state index in [-0.39, 0.29) is 11.3 Å². The van der Waals surface area contributed by atoms with E-state index in [1.807, 2.05) is 12.3 Å². The van der Waals surface area contributed by atoms with Crippen molar-refractivity contribution < 1.29 is 4.79 Å². The van der Waals surface area contributed by atoms with E-state index < -0.39 is 0 Å². The molecule has 1 N–H and O–H groups in total. The first kappa shape index (κ1) is 19.1. The Morgan fingerprint density at radius 1 is 0.839 bits per heavy atom. The highest BCUT2D eigenvalue weighted by atomic mass is 16.2. The van der Waals surface area contributed by atoms with Gasteiger partial charge in [0.1, 0.15) is 5.82 Å². The number of carbonyl (C=O) groups excluding carboxylic acids is 1. The van der Waals surface area contributed by atoms with E-state index in [2.05, 4.69) is 51.5 Å². The molecule has 5 heteroatoms. The third kappa shape index (κ3) is 3.58. The molecule has 2 heterocycles. The maximum atomic E-state index is 13.3. The molecule has 1 aromatic heterocycles. The maximum Gasteiger partial charge on any atom is 0.230 e. The van der Waals surface area contributed by atoms with Crippen molar-refractivity contribution in [3.8, 4) is 0 Å². The molecular weight excluding hydrogens is 384 g/mol. The maximum absolute atomic E-state index is 13.3. The van der Waals surface area contributed by atoms with Crippen LogP contribution in [-0.2, 0) is 4.79 Å². The highest BCUT2D eigenvalue weighted by Gasteiger charge is 2.54. The Bertz CT molecular complexity index is 898. The van der Waals surface area contributed by atoms with Crippen LogP contribution in [0.5, 0.6) is 0 Å². The lowest BCUT2D eigenvalue weighted by Gasteiger charge is -2.55. The molecule has 1 amide bonds. The summed E-state index contributed by atoms with van der Waals surface area (Å²) < 4.78 is 0. The molecule has 1 aliphatic heterocycles. The van der Waals surface area contributed by atoms with Gasteiger partial charge in [-0.25, -0.2) is 4.98 Å². The van der Waals surface area contributed by atoms with Gasteiger partial charge in [0.05, 0.1) is 17.3 Å².